The number of para-hydroxylation sites is 1. The van der Waals surface area contributed by atoms with Crippen molar-refractivity contribution in [1.82, 2.24) is 9.55 Å². The summed E-state index contributed by atoms with van der Waals surface area (Å²) in [6.45, 7) is 5.03. The van der Waals surface area contributed by atoms with Crippen LogP contribution < -0.4 is 10.9 Å². The first-order valence-electron chi connectivity index (χ1n) is 9.48. The number of aryl methyl sites for hydroxylation is 2. The summed E-state index contributed by atoms with van der Waals surface area (Å²) in [5.41, 5.74) is 3.51. The second-order valence-electron chi connectivity index (χ2n) is 6.87. The molecule has 0 fully saturated rings. The Morgan fingerprint density at radius 2 is 2.00 bits per heavy atom. The summed E-state index contributed by atoms with van der Waals surface area (Å²) in [5, 5.41) is 4.06. The quantitative estimate of drug-likeness (QED) is 0.347. The molecule has 2 aromatic carbocycles. The predicted octanol–water partition coefficient (Wildman–Crippen LogP) is 3.78. The number of fused-ring (bicyclic) bond motifs is 1. The Bertz CT molecular complexity index is 1080. The third kappa shape index (κ3) is 5.25. The van der Waals surface area contributed by atoms with Crippen LogP contribution in [0.5, 0.6) is 0 Å². The SMILES string of the molecule is COCCCn1c(SCC(=O)Nc2ccc(C)cc2C)nc2ccccc2c1=O. The number of rotatable bonds is 8. The normalized spacial score (nSPS) is 11.0. The van der Waals surface area contributed by atoms with Crippen molar-refractivity contribution in [2.75, 3.05) is 24.8 Å². The molecule has 6 nitrogen and oxygen atoms in total. The predicted molar refractivity (Wildman–Crippen MR) is 118 cm³/mol. The lowest BCUT2D eigenvalue weighted by Gasteiger charge is -2.13. The van der Waals surface area contributed by atoms with Crippen LogP contribution in [0.4, 0.5) is 5.69 Å². The lowest BCUT2D eigenvalue weighted by atomic mass is 10.1. The molecule has 0 aliphatic heterocycles. The molecule has 0 radical (unpaired) electrons. The number of hydrogen-bond donors (Lipinski definition) is 1. The molecule has 1 N–H and O–H groups in total. The van der Waals surface area contributed by atoms with Gasteiger partial charge in [0.15, 0.2) is 5.16 Å². The Kier molecular flexibility index (Phi) is 7.06. The maximum absolute atomic E-state index is 12.9. The number of carbonyl (C=O) groups excluding carboxylic acids is 1. The fourth-order valence-corrected chi connectivity index (χ4v) is 3.92. The summed E-state index contributed by atoms with van der Waals surface area (Å²) in [4.78, 5) is 30.0. The van der Waals surface area contributed by atoms with Gasteiger partial charge in [-0.3, -0.25) is 14.2 Å². The Morgan fingerprint density at radius 1 is 1.21 bits per heavy atom. The molecule has 0 aliphatic rings. The Balaban J connectivity index is 1.79. The first-order chi connectivity index (χ1) is 14.0. The van der Waals surface area contributed by atoms with Crippen LogP contribution in [0, 0.1) is 13.8 Å². The summed E-state index contributed by atoms with van der Waals surface area (Å²) in [5.74, 6) is 0.0374. The fraction of sp³-hybridized carbons (Fsp3) is 0.318. The molecule has 0 unspecified atom stereocenters. The number of amides is 1. The molecular weight excluding hydrogens is 386 g/mol. The third-order valence-corrected chi connectivity index (χ3v) is 5.52. The fourth-order valence-electron chi connectivity index (χ4n) is 3.09. The number of methoxy groups -OCH3 is 1. The molecule has 1 heterocycles. The average Bonchev–Trinajstić information content (AvgIpc) is 2.70. The summed E-state index contributed by atoms with van der Waals surface area (Å²) >= 11 is 1.27. The number of aromatic nitrogens is 2. The van der Waals surface area contributed by atoms with Crippen LogP contribution in [-0.4, -0.2) is 34.9 Å². The lowest BCUT2D eigenvalue weighted by molar-refractivity contribution is -0.113. The Hall–Kier alpha value is -2.64. The number of nitrogens with one attached hydrogen (secondary N) is 1. The lowest BCUT2D eigenvalue weighted by Crippen LogP contribution is -2.25. The van der Waals surface area contributed by atoms with E-state index in [0.29, 0.717) is 35.6 Å². The molecule has 0 atom stereocenters. The van der Waals surface area contributed by atoms with Gasteiger partial charge < -0.3 is 10.1 Å². The van der Waals surface area contributed by atoms with Gasteiger partial charge in [0.1, 0.15) is 0 Å². The van der Waals surface area contributed by atoms with Crippen molar-refractivity contribution in [3.8, 4) is 0 Å². The van der Waals surface area contributed by atoms with Crippen LogP contribution in [0.2, 0.25) is 0 Å². The van der Waals surface area contributed by atoms with E-state index in [1.165, 1.54) is 11.8 Å². The van der Waals surface area contributed by atoms with E-state index in [1.54, 1.807) is 17.7 Å². The minimum Gasteiger partial charge on any atom is -0.385 e. The second kappa shape index (κ2) is 9.71. The molecule has 152 valence electrons. The zero-order valence-electron chi connectivity index (χ0n) is 16.9. The van der Waals surface area contributed by atoms with Gasteiger partial charge in [0.2, 0.25) is 5.91 Å². The minimum absolute atomic E-state index is 0.0935. The average molecular weight is 412 g/mol. The van der Waals surface area contributed by atoms with Gasteiger partial charge in [0.05, 0.1) is 16.7 Å². The highest BCUT2D eigenvalue weighted by molar-refractivity contribution is 7.99. The highest BCUT2D eigenvalue weighted by Gasteiger charge is 2.13. The smallest absolute Gasteiger partial charge is 0.262 e. The van der Waals surface area contributed by atoms with Gasteiger partial charge in [-0.15, -0.1) is 0 Å². The van der Waals surface area contributed by atoms with Gasteiger partial charge in [-0.1, -0.05) is 41.6 Å². The second-order valence-corrected chi connectivity index (χ2v) is 7.81. The largest absolute Gasteiger partial charge is 0.385 e. The molecule has 0 aliphatic carbocycles. The van der Waals surface area contributed by atoms with E-state index < -0.39 is 0 Å². The van der Waals surface area contributed by atoms with Gasteiger partial charge in [0, 0.05) is 25.9 Å². The molecule has 3 rings (SSSR count). The number of hydrogen-bond acceptors (Lipinski definition) is 5. The molecule has 1 amide bonds. The van der Waals surface area contributed by atoms with E-state index in [0.717, 1.165) is 16.8 Å². The molecule has 0 bridgehead atoms. The Labute approximate surface area is 174 Å². The van der Waals surface area contributed by atoms with Gasteiger partial charge in [0.25, 0.3) is 5.56 Å². The molecule has 3 aromatic rings. The van der Waals surface area contributed by atoms with E-state index in [2.05, 4.69) is 10.3 Å². The highest BCUT2D eigenvalue weighted by Crippen LogP contribution is 2.20. The number of ether oxygens (including phenoxy) is 1. The van der Waals surface area contributed by atoms with Crippen LogP contribution in [-0.2, 0) is 16.1 Å². The van der Waals surface area contributed by atoms with Crippen LogP contribution in [0.1, 0.15) is 17.5 Å². The van der Waals surface area contributed by atoms with Crippen LogP contribution >= 0.6 is 11.8 Å². The van der Waals surface area contributed by atoms with Crippen LogP contribution in [0.3, 0.4) is 0 Å². The monoisotopic (exact) mass is 411 g/mol. The topological polar surface area (TPSA) is 73.2 Å². The summed E-state index contributed by atoms with van der Waals surface area (Å²) in [6, 6.07) is 13.2. The van der Waals surface area contributed by atoms with Crippen molar-refractivity contribution in [3.05, 3.63) is 63.9 Å². The summed E-state index contributed by atoms with van der Waals surface area (Å²) in [6.07, 6.45) is 0.693. The van der Waals surface area contributed by atoms with E-state index in [-0.39, 0.29) is 17.2 Å². The van der Waals surface area contributed by atoms with Gasteiger partial charge in [-0.05, 0) is 44.0 Å². The van der Waals surface area contributed by atoms with E-state index in [9.17, 15) is 9.59 Å². The van der Waals surface area contributed by atoms with Crippen molar-refractivity contribution in [3.63, 3.8) is 0 Å². The minimum atomic E-state index is -0.132. The van der Waals surface area contributed by atoms with Crippen molar-refractivity contribution in [2.24, 2.45) is 0 Å². The molecule has 0 saturated carbocycles. The van der Waals surface area contributed by atoms with Crippen molar-refractivity contribution < 1.29 is 9.53 Å². The number of benzene rings is 2. The Morgan fingerprint density at radius 3 is 2.76 bits per heavy atom. The summed E-state index contributed by atoms with van der Waals surface area (Å²) in [7, 11) is 1.63. The molecule has 29 heavy (non-hydrogen) atoms. The standard InChI is InChI=1S/C22H25N3O3S/c1-15-9-10-18(16(2)13-15)23-20(26)14-29-22-24-19-8-5-4-7-17(19)21(27)25(22)11-6-12-28-3/h4-5,7-10,13H,6,11-12,14H2,1-3H3,(H,23,26). The number of thioether (sulfide) groups is 1. The van der Waals surface area contributed by atoms with E-state index in [1.807, 2.05) is 50.2 Å². The van der Waals surface area contributed by atoms with E-state index in [4.69, 9.17) is 4.74 Å². The molecule has 1 aromatic heterocycles. The molecule has 7 heteroatoms. The first-order valence-corrected chi connectivity index (χ1v) is 10.5. The van der Waals surface area contributed by atoms with Gasteiger partial charge in [-0.2, -0.15) is 0 Å². The zero-order valence-corrected chi connectivity index (χ0v) is 17.7. The molecule has 0 saturated heterocycles. The van der Waals surface area contributed by atoms with Crippen molar-refractivity contribution in [2.45, 2.75) is 32.0 Å². The maximum atomic E-state index is 12.9. The van der Waals surface area contributed by atoms with Crippen molar-refractivity contribution >= 4 is 34.3 Å². The third-order valence-electron chi connectivity index (χ3n) is 4.55. The van der Waals surface area contributed by atoms with Gasteiger partial charge >= 0.3 is 0 Å². The highest BCUT2D eigenvalue weighted by atomic mass is 32.2. The van der Waals surface area contributed by atoms with E-state index >= 15 is 0 Å². The number of anilines is 1. The summed E-state index contributed by atoms with van der Waals surface area (Å²) < 4.78 is 6.74. The maximum Gasteiger partial charge on any atom is 0.262 e. The van der Waals surface area contributed by atoms with Crippen LogP contribution in [0.15, 0.2) is 52.4 Å². The zero-order chi connectivity index (χ0) is 20.8. The molecular formula is C22H25N3O3S. The van der Waals surface area contributed by atoms with Gasteiger partial charge in [-0.25, -0.2) is 4.98 Å². The first kappa shape index (κ1) is 21.1. The number of carbonyl (C=O) groups is 1. The molecule has 0 spiro atoms. The number of nitrogens with zero attached hydrogens (tertiary/aromatic N) is 2. The van der Waals surface area contributed by atoms with Crippen LogP contribution in [0.25, 0.3) is 10.9 Å². The van der Waals surface area contributed by atoms with Crippen molar-refractivity contribution in [1.29, 1.82) is 0 Å².